The summed E-state index contributed by atoms with van der Waals surface area (Å²) in [6.07, 6.45) is 5.06. The molecule has 1 unspecified atom stereocenters. The summed E-state index contributed by atoms with van der Waals surface area (Å²) < 4.78 is 0. The fourth-order valence-electron chi connectivity index (χ4n) is 1.86. The highest BCUT2D eigenvalue weighted by Crippen LogP contribution is 2.18. The molecular weight excluding hydrogens is 206 g/mol. The molecule has 1 aliphatic carbocycles. The molecule has 1 saturated heterocycles. The van der Waals surface area contributed by atoms with E-state index in [9.17, 15) is 9.59 Å². The van der Waals surface area contributed by atoms with Gasteiger partial charge in [-0.15, -0.1) is 0 Å². The lowest BCUT2D eigenvalue weighted by Gasteiger charge is -2.14. The van der Waals surface area contributed by atoms with Crippen LogP contribution in [0.4, 0.5) is 0 Å². The minimum Gasteiger partial charge on any atom is -0.355 e. The standard InChI is InChI=1S/C11H19N3O2/c15-10(14-8-4-5-8)7-13-9-3-1-2-6-12-11(9)16/h8-9,13H,1-7H2,(H,12,16)(H,14,15). The van der Waals surface area contributed by atoms with Crippen molar-refractivity contribution in [3.63, 3.8) is 0 Å². The van der Waals surface area contributed by atoms with Crippen LogP contribution in [-0.2, 0) is 9.59 Å². The van der Waals surface area contributed by atoms with Crippen LogP contribution in [0.5, 0.6) is 0 Å². The number of hydrogen-bond donors (Lipinski definition) is 3. The highest BCUT2D eigenvalue weighted by atomic mass is 16.2. The summed E-state index contributed by atoms with van der Waals surface area (Å²) in [5, 5.41) is 8.75. The fraction of sp³-hybridized carbons (Fsp3) is 0.818. The lowest BCUT2D eigenvalue weighted by atomic mass is 10.1. The summed E-state index contributed by atoms with van der Waals surface area (Å²) in [5.74, 6) is 0.0243. The smallest absolute Gasteiger partial charge is 0.237 e. The van der Waals surface area contributed by atoms with Crippen LogP contribution < -0.4 is 16.0 Å². The Morgan fingerprint density at radius 1 is 1.31 bits per heavy atom. The molecule has 0 spiro atoms. The Kier molecular flexibility index (Phi) is 3.77. The van der Waals surface area contributed by atoms with Gasteiger partial charge in [-0.1, -0.05) is 0 Å². The van der Waals surface area contributed by atoms with E-state index in [1.54, 1.807) is 0 Å². The van der Waals surface area contributed by atoms with Crippen LogP contribution in [0.15, 0.2) is 0 Å². The molecule has 3 N–H and O–H groups in total. The van der Waals surface area contributed by atoms with Crippen LogP contribution >= 0.6 is 0 Å². The number of hydrogen-bond acceptors (Lipinski definition) is 3. The van der Waals surface area contributed by atoms with Crippen molar-refractivity contribution in [2.45, 2.75) is 44.2 Å². The van der Waals surface area contributed by atoms with E-state index in [2.05, 4.69) is 16.0 Å². The predicted octanol–water partition coefficient (Wildman–Crippen LogP) is -0.477. The first-order chi connectivity index (χ1) is 7.75. The number of rotatable bonds is 4. The Balaban J connectivity index is 1.70. The molecular formula is C11H19N3O2. The molecule has 0 aromatic heterocycles. The van der Waals surface area contributed by atoms with E-state index >= 15 is 0 Å². The third kappa shape index (κ3) is 3.48. The molecule has 5 heteroatoms. The first-order valence-corrected chi connectivity index (χ1v) is 6.06. The average Bonchev–Trinajstić information content (AvgIpc) is 3.05. The normalized spacial score (nSPS) is 25.8. The van der Waals surface area contributed by atoms with Crippen LogP contribution in [0, 0.1) is 0 Å². The van der Waals surface area contributed by atoms with E-state index in [0.29, 0.717) is 6.04 Å². The Hall–Kier alpha value is -1.10. The van der Waals surface area contributed by atoms with Gasteiger partial charge in [0, 0.05) is 12.6 Å². The zero-order chi connectivity index (χ0) is 11.4. The summed E-state index contributed by atoms with van der Waals surface area (Å²) in [5.41, 5.74) is 0. The van der Waals surface area contributed by atoms with Crippen LogP contribution in [0.25, 0.3) is 0 Å². The van der Waals surface area contributed by atoms with E-state index in [1.807, 2.05) is 0 Å². The van der Waals surface area contributed by atoms with Gasteiger partial charge in [-0.25, -0.2) is 0 Å². The van der Waals surface area contributed by atoms with Crippen molar-refractivity contribution in [1.82, 2.24) is 16.0 Å². The Morgan fingerprint density at radius 2 is 2.12 bits per heavy atom. The van der Waals surface area contributed by atoms with Gasteiger partial charge in [0.15, 0.2) is 0 Å². The summed E-state index contributed by atoms with van der Waals surface area (Å²) in [6.45, 7) is 1.000. The fourth-order valence-corrected chi connectivity index (χ4v) is 1.86. The molecule has 2 amide bonds. The second-order valence-electron chi connectivity index (χ2n) is 4.56. The number of carbonyl (C=O) groups excluding carboxylic acids is 2. The van der Waals surface area contributed by atoms with Gasteiger partial charge in [0.1, 0.15) is 0 Å². The molecule has 2 rings (SSSR count). The highest BCUT2D eigenvalue weighted by Gasteiger charge is 2.24. The third-order valence-electron chi connectivity index (χ3n) is 2.99. The topological polar surface area (TPSA) is 70.2 Å². The van der Waals surface area contributed by atoms with Gasteiger partial charge in [-0.05, 0) is 32.1 Å². The van der Waals surface area contributed by atoms with Crippen molar-refractivity contribution in [2.24, 2.45) is 0 Å². The van der Waals surface area contributed by atoms with Crippen molar-refractivity contribution >= 4 is 11.8 Å². The second kappa shape index (κ2) is 5.30. The van der Waals surface area contributed by atoms with Gasteiger partial charge < -0.3 is 10.6 Å². The molecule has 0 aromatic carbocycles. The number of amides is 2. The maximum absolute atomic E-state index is 11.6. The molecule has 0 radical (unpaired) electrons. The molecule has 1 saturated carbocycles. The van der Waals surface area contributed by atoms with Crippen molar-refractivity contribution < 1.29 is 9.59 Å². The molecule has 5 nitrogen and oxygen atoms in total. The zero-order valence-corrected chi connectivity index (χ0v) is 9.42. The lowest BCUT2D eigenvalue weighted by molar-refractivity contribution is -0.123. The van der Waals surface area contributed by atoms with Gasteiger partial charge in [0.25, 0.3) is 0 Å². The number of nitrogens with one attached hydrogen (secondary N) is 3. The lowest BCUT2D eigenvalue weighted by Crippen LogP contribution is -2.46. The molecule has 90 valence electrons. The quantitative estimate of drug-likeness (QED) is 0.605. The van der Waals surface area contributed by atoms with Crippen molar-refractivity contribution in [3.8, 4) is 0 Å². The van der Waals surface area contributed by atoms with E-state index < -0.39 is 0 Å². The number of carbonyl (C=O) groups is 2. The molecule has 2 aliphatic rings. The van der Waals surface area contributed by atoms with Crippen LogP contribution in [-0.4, -0.2) is 37.0 Å². The van der Waals surface area contributed by atoms with Crippen LogP contribution in [0.2, 0.25) is 0 Å². The van der Waals surface area contributed by atoms with E-state index in [1.165, 1.54) is 0 Å². The van der Waals surface area contributed by atoms with Gasteiger partial charge in [0.05, 0.1) is 12.6 Å². The average molecular weight is 225 g/mol. The van der Waals surface area contributed by atoms with Crippen molar-refractivity contribution in [2.75, 3.05) is 13.1 Å². The van der Waals surface area contributed by atoms with Gasteiger partial charge >= 0.3 is 0 Å². The highest BCUT2D eigenvalue weighted by molar-refractivity contribution is 5.83. The van der Waals surface area contributed by atoms with Gasteiger partial charge in [-0.2, -0.15) is 0 Å². The SMILES string of the molecule is O=C(CNC1CCCCNC1=O)NC1CC1. The largest absolute Gasteiger partial charge is 0.355 e. The van der Waals surface area contributed by atoms with E-state index in [4.69, 9.17) is 0 Å². The minimum absolute atomic E-state index is 0.000420. The monoisotopic (exact) mass is 225 g/mol. The summed E-state index contributed by atoms with van der Waals surface area (Å²) in [7, 11) is 0. The van der Waals surface area contributed by atoms with Crippen molar-refractivity contribution in [3.05, 3.63) is 0 Å². The first-order valence-electron chi connectivity index (χ1n) is 6.06. The molecule has 1 aliphatic heterocycles. The van der Waals surface area contributed by atoms with E-state index in [-0.39, 0.29) is 24.4 Å². The van der Waals surface area contributed by atoms with Gasteiger partial charge in [-0.3, -0.25) is 14.9 Å². The maximum Gasteiger partial charge on any atom is 0.237 e. The zero-order valence-electron chi connectivity index (χ0n) is 9.42. The van der Waals surface area contributed by atoms with Crippen molar-refractivity contribution in [1.29, 1.82) is 0 Å². The molecule has 0 aromatic rings. The summed E-state index contributed by atoms with van der Waals surface area (Å²) in [6, 6.07) is 0.185. The molecule has 1 atom stereocenters. The second-order valence-corrected chi connectivity index (χ2v) is 4.56. The summed E-state index contributed by atoms with van der Waals surface area (Å²) in [4.78, 5) is 23.0. The van der Waals surface area contributed by atoms with Gasteiger partial charge in [0.2, 0.25) is 11.8 Å². The molecule has 1 heterocycles. The molecule has 2 fully saturated rings. The molecule has 16 heavy (non-hydrogen) atoms. The predicted molar refractivity (Wildman–Crippen MR) is 59.8 cm³/mol. The summed E-state index contributed by atoms with van der Waals surface area (Å²) >= 11 is 0. The maximum atomic E-state index is 11.6. The Bertz CT molecular complexity index is 276. The van der Waals surface area contributed by atoms with Crippen LogP contribution in [0.3, 0.4) is 0 Å². The Labute approximate surface area is 95.3 Å². The van der Waals surface area contributed by atoms with E-state index in [0.717, 1.165) is 38.6 Å². The van der Waals surface area contributed by atoms with Crippen LogP contribution in [0.1, 0.15) is 32.1 Å². The minimum atomic E-state index is -0.201. The Morgan fingerprint density at radius 3 is 2.88 bits per heavy atom. The third-order valence-corrected chi connectivity index (χ3v) is 2.99. The molecule has 0 bridgehead atoms. The first kappa shape index (κ1) is 11.4.